The van der Waals surface area contributed by atoms with Crippen LogP contribution >= 0.6 is 0 Å². The van der Waals surface area contributed by atoms with Crippen LogP contribution in [0.2, 0.25) is 0 Å². The topological polar surface area (TPSA) is 0 Å². The van der Waals surface area contributed by atoms with Crippen LogP contribution in [-0.2, 0) is 50.9 Å². The second kappa shape index (κ2) is 19.6. The van der Waals surface area contributed by atoms with Crippen LogP contribution < -0.4 is 0 Å². The Morgan fingerprint density at radius 2 is 1.00 bits per heavy atom. The van der Waals surface area contributed by atoms with Crippen molar-refractivity contribution in [2.24, 2.45) is 0 Å². The SMILES string of the molecule is [Al].[Cr+3].[Fe].[Ni]. The molecule has 0 spiro atoms. The number of hydrogen-bond donors (Lipinski definition) is 0. The average molecular weight is 194 g/mol. The number of rotatable bonds is 0. The van der Waals surface area contributed by atoms with Crippen LogP contribution in [0, 0.1) is 0 Å². The first-order chi connectivity index (χ1) is 0. The maximum Gasteiger partial charge on any atom is 3.00 e. The molecule has 4 heteroatoms. The zero-order chi connectivity index (χ0) is 0. The molecule has 0 N–H and O–H groups in total. The second-order valence-corrected chi connectivity index (χ2v) is 0. The van der Waals surface area contributed by atoms with Crippen LogP contribution in [0.25, 0.3) is 0 Å². The molecule has 0 aromatic carbocycles. The van der Waals surface area contributed by atoms with Crippen molar-refractivity contribution in [2.75, 3.05) is 0 Å². The van der Waals surface area contributed by atoms with E-state index in [-0.39, 0.29) is 68.3 Å². The largest absolute Gasteiger partial charge is 3.00 e. The van der Waals surface area contributed by atoms with Gasteiger partial charge in [-0.1, -0.05) is 0 Å². The fraction of sp³-hybridized carbons (Fsp3) is 0. The minimum absolute atomic E-state index is 0. The fourth-order valence-corrected chi connectivity index (χ4v) is 0. The standard InChI is InChI=1S/Al.Cr.Fe.Ni/q;+3;;. The van der Waals surface area contributed by atoms with Crippen molar-refractivity contribution in [3.8, 4) is 0 Å². The first kappa shape index (κ1) is 36.3. The van der Waals surface area contributed by atoms with Gasteiger partial charge >= 0.3 is 17.4 Å². The zero-order valence-electron chi connectivity index (χ0n) is 1.66. The third kappa shape index (κ3) is 8.95. The molecule has 0 aromatic heterocycles. The van der Waals surface area contributed by atoms with Crippen molar-refractivity contribution < 1.29 is 50.9 Å². The van der Waals surface area contributed by atoms with E-state index in [1.54, 1.807) is 0 Å². The molecule has 0 saturated heterocycles. The van der Waals surface area contributed by atoms with Gasteiger partial charge < -0.3 is 0 Å². The van der Waals surface area contributed by atoms with Gasteiger partial charge in [0.1, 0.15) is 0 Å². The van der Waals surface area contributed by atoms with Crippen molar-refractivity contribution in [1.82, 2.24) is 0 Å². The van der Waals surface area contributed by atoms with Gasteiger partial charge in [-0.3, -0.25) is 0 Å². The molecular formula is AlCrFeNi+3. The van der Waals surface area contributed by atoms with E-state index in [4.69, 9.17) is 0 Å². The Morgan fingerprint density at radius 1 is 1.00 bits per heavy atom. The van der Waals surface area contributed by atoms with Gasteiger partial charge in [0.2, 0.25) is 0 Å². The molecule has 0 aliphatic rings. The van der Waals surface area contributed by atoms with E-state index in [0.717, 1.165) is 0 Å². The van der Waals surface area contributed by atoms with Crippen LogP contribution in [0.3, 0.4) is 0 Å². The Balaban J connectivity index is 0. The van der Waals surface area contributed by atoms with E-state index in [9.17, 15) is 0 Å². The van der Waals surface area contributed by atoms with Crippen molar-refractivity contribution in [3.05, 3.63) is 0 Å². The normalized spacial score (nSPS) is 0. The summed E-state index contributed by atoms with van der Waals surface area (Å²) in [4.78, 5) is 0. The molecule has 0 heterocycles. The van der Waals surface area contributed by atoms with E-state index in [2.05, 4.69) is 0 Å². The Kier molecular flexibility index (Phi) is 177. The summed E-state index contributed by atoms with van der Waals surface area (Å²) in [5, 5.41) is 0. The molecule has 0 aliphatic heterocycles. The summed E-state index contributed by atoms with van der Waals surface area (Å²) < 4.78 is 0. The molecule has 0 aromatic rings. The number of hydrogen-bond acceptors (Lipinski definition) is 0. The molecule has 0 bridgehead atoms. The van der Waals surface area contributed by atoms with Gasteiger partial charge in [0.15, 0.2) is 0 Å². The third-order valence-corrected chi connectivity index (χ3v) is 0. The molecule has 0 aliphatic carbocycles. The van der Waals surface area contributed by atoms with E-state index < -0.39 is 0 Å². The van der Waals surface area contributed by atoms with E-state index in [1.165, 1.54) is 0 Å². The molecular weight excluding hydrogens is 194 g/mol. The second-order valence-electron chi connectivity index (χ2n) is 0. The predicted molar refractivity (Wildman–Crippen MR) is 5.75 cm³/mol. The van der Waals surface area contributed by atoms with Crippen LogP contribution in [0.4, 0.5) is 0 Å². The molecule has 0 unspecified atom stereocenters. The molecule has 0 nitrogen and oxygen atoms in total. The summed E-state index contributed by atoms with van der Waals surface area (Å²) in [7, 11) is 0. The monoisotopic (exact) mass is 193 g/mol. The first-order valence-electron chi connectivity index (χ1n) is 0. The molecule has 0 atom stereocenters. The first-order valence-corrected chi connectivity index (χ1v) is 0. The van der Waals surface area contributed by atoms with Crippen LogP contribution in [0.5, 0.6) is 0 Å². The van der Waals surface area contributed by atoms with Gasteiger partial charge in [0, 0.05) is 50.9 Å². The van der Waals surface area contributed by atoms with E-state index >= 15 is 0 Å². The summed E-state index contributed by atoms with van der Waals surface area (Å²) in [6.07, 6.45) is 0. The summed E-state index contributed by atoms with van der Waals surface area (Å²) >= 11 is 0. The molecule has 4 heavy (non-hydrogen) atoms. The van der Waals surface area contributed by atoms with Crippen LogP contribution in [0.15, 0.2) is 0 Å². The Hall–Kier alpha value is 2.08. The smallest absolute Gasteiger partial charge is 0 e. The van der Waals surface area contributed by atoms with Crippen molar-refractivity contribution in [1.29, 1.82) is 0 Å². The van der Waals surface area contributed by atoms with Gasteiger partial charge in [-0.15, -0.1) is 0 Å². The molecule has 24 valence electrons. The van der Waals surface area contributed by atoms with Gasteiger partial charge in [-0.25, -0.2) is 0 Å². The third-order valence-electron chi connectivity index (χ3n) is 0. The Bertz CT molecular complexity index is 8.00. The van der Waals surface area contributed by atoms with Crippen LogP contribution in [-0.4, -0.2) is 17.4 Å². The van der Waals surface area contributed by atoms with Gasteiger partial charge in [0.05, 0.1) is 0 Å². The predicted octanol–water partition coefficient (Wildman–Crippen LogP) is -0.388. The summed E-state index contributed by atoms with van der Waals surface area (Å²) in [6, 6.07) is 0. The summed E-state index contributed by atoms with van der Waals surface area (Å²) in [6.45, 7) is 0. The average Bonchev–Trinajstić information content (AvgIpc) is 0. The quantitative estimate of drug-likeness (QED) is 0.460. The minimum atomic E-state index is 0. The molecule has 4 radical (unpaired) electrons. The van der Waals surface area contributed by atoms with Crippen molar-refractivity contribution in [3.63, 3.8) is 0 Å². The minimum Gasteiger partial charge on any atom is 0 e. The Morgan fingerprint density at radius 3 is 1.00 bits per heavy atom. The molecule has 0 rings (SSSR count). The Labute approximate surface area is 67.8 Å². The maximum atomic E-state index is 0. The van der Waals surface area contributed by atoms with Crippen molar-refractivity contribution in [2.45, 2.75) is 0 Å². The van der Waals surface area contributed by atoms with Crippen molar-refractivity contribution >= 4 is 17.4 Å². The molecule has 0 saturated carbocycles. The molecule has 0 amide bonds. The van der Waals surface area contributed by atoms with Gasteiger partial charge in [0.25, 0.3) is 0 Å². The maximum absolute atomic E-state index is 0. The van der Waals surface area contributed by atoms with Gasteiger partial charge in [-0.2, -0.15) is 0 Å². The zero-order valence-corrected chi connectivity index (χ0v) is 6.18. The summed E-state index contributed by atoms with van der Waals surface area (Å²) in [5.41, 5.74) is 0. The van der Waals surface area contributed by atoms with Crippen LogP contribution in [0.1, 0.15) is 0 Å². The van der Waals surface area contributed by atoms with E-state index in [1.807, 2.05) is 0 Å². The van der Waals surface area contributed by atoms with E-state index in [0.29, 0.717) is 0 Å². The van der Waals surface area contributed by atoms with Gasteiger partial charge in [-0.05, 0) is 0 Å². The summed E-state index contributed by atoms with van der Waals surface area (Å²) in [5.74, 6) is 0. The molecule has 0 fully saturated rings. The fourth-order valence-electron chi connectivity index (χ4n) is 0.